The van der Waals surface area contributed by atoms with Crippen molar-refractivity contribution in [3.8, 4) is 22.8 Å². The van der Waals surface area contributed by atoms with Gasteiger partial charge in [-0.15, -0.1) is 0 Å². The van der Waals surface area contributed by atoms with Gasteiger partial charge in [0.1, 0.15) is 11.5 Å². The first-order chi connectivity index (χ1) is 10.2. The number of aryl methyl sites for hydroxylation is 2. The predicted octanol–water partition coefficient (Wildman–Crippen LogP) is 4.28. The maximum atomic E-state index is 5.53. The van der Waals surface area contributed by atoms with Gasteiger partial charge < -0.3 is 9.47 Å². The van der Waals surface area contributed by atoms with Gasteiger partial charge in [0.2, 0.25) is 0 Å². The minimum Gasteiger partial charge on any atom is -0.497 e. The molecule has 0 bridgehead atoms. The minimum absolute atomic E-state index is 0.791. The molecular formula is C18H23NO2. The summed E-state index contributed by atoms with van der Waals surface area (Å²) in [6.07, 6.45) is 3.04. The number of methoxy groups -OCH3 is 2. The van der Waals surface area contributed by atoms with Crippen molar-refractivity contribution < 1.29 is 9.47 Å². The van der Waals surface area contributed by atoms with Gasteiger partial charge in [-0.3, -0.25) is 4.98 Å². The molecule has 0 unspecified atom stereocenters. The summed E-state index contributed by atoms with van der Waals surface area (Å²) in [5.74, 6) is 1.59. The van der Waals surface area contributed by atoms with E-state index in [1.165, 1.54) is 5.56 Å². The third-order valence-corrected chi connectivity index (χ3v) is 3.58. The van der Waals surface area contributed by atoms with Gasteiger partial charge in [-0.25, -0.2) is 0 Å². The van der Waals surface area contributed by atoms with Crippen molar-refractivity contribution >= 4 is 0 Å². The summed E-state index contributed by atoms with van der Waals surface area (Å²) in [5.41, 5.74) is 4.41. The van der Waals surface area contributed by atoms with Crippen molar-refractivity contribution in [3.05, 3.63) is 41.6 Å². The van der Waals surface area contributed by atoms with Gasteiger partial charge in [-0.2, -0.15) is 0 Å². The maximum Gasteiger partial charge on any atom is 0.131 e. The van der Waals surface area contributed by atoms with Crippen LogP contribution in [0.3, 0.4) is 0 Å². The molecule has 0 aliphatic rings. The smallest absolute Gasteiger partial charge is 0.131 e. The molecule has 21 heavy (non-hydrogen) atoms. The first kappa shape index (κ1) is 15.4. The lowest BCUT2D eigenvalue weighted by Gasteiger charge is -2.14. The van der Waals surface area contributed by atoms with E-state index in [1.54, 1.807) is 14.2 Å². The van der Waals surface area contributed by atoms with E-state index >= 15 is 0 Å². The maximum absolute atomic E-state index is 5.53. The van der Waals surface area contributed by atoms with Crippen LogP contribution in [-0.2, 0) is 12.8 Å². The Morgan fingerprint density at radius 1 is 1.00 bits per heavy atom. The minimum atomic E-state index is 0.791. The lowest BCUT2D eigenvalue weighted by atomic mass is 10.0. The van der Waals surface area contributed by atoms with Gasteiger partial charge >= 0.3 is 0 Å². The monoisotopic (exact) mass is 285 g/mol. The molecule has 2 rings (SSSR count). The molecule has 1 heterocycles. The van der Waals surface area contributed by atoms with Crippen LogP contribution in [0.25, 0.3) is 11.3 Å². The third kappa shape index (κ3) is 3.35. The van der Waals surface area contributed by atoms with Gasteiger partial charge in [-0.05, 0) is 36.6 Å². The van der Waals surface area contributed by atoms with Crippen LogP contribution in [-0.4, -0.2) is 19.2 Å². The van der Waals surface area contributed by atoms with E-state index in [9.17, 15) is 0 Å². The van der Waals surface area contributed by atoms with Gasteiger partial charge in [0.15, 0.2) is 0 Å². The summed E-state index contributed by atoms with van der Waals surface area (Å²) in [4.78, 5) is 4.82. The average molecular weight is 285 g/mol. The fraction of sp³-hybridized carbons (Fsp3) is 0.389. The molecule has 1 aromatic heterocycles. The molecule has 0 saturated carbocycles. The van der Waals surface area contributed by atoms with E-state index < -0.39 is 0 Å². The molecule has 0 fully saturated rings. The summed E-state index contributed by atoms with van der Waals surface area (Å²) in [6, 6.07) is 10.2. The van der Waals surface area contributed by atoms with Crippen LogP contribution in [0.5, 0.6) is 11.5 Å². The summed E-state index contributed by atoms with van der Waals surface area (Å²) in [6.45, 7) is 4.31. The molecule has 0 radical (unpaired) electrons. The van der Waals surface area contributed by atoms with Gasteiger partial charge in [0.05, 0.1) is 19.9 Å². The Labute approximate surface area is 126 Å². The van der Waals surface area contributed by atoms with Gasteiger partial charge in [-0.1, -0.05) is 26.3 Å². The molecular weight excluding hydrogens is 262 g/mol. The number of pyridine rings is 1. The lowest BCUT2D eigenvalue weighted by Crippen LogP contribution is -1.99. The van der Waals surface area contributed by atoms with E-state index in [4.69, 9.17) is 14.5 Å². The number of rotatable bonds is 6. The first-order valence-corrected chi connectivity index (χ1v) is 7.44. The molecule has 3 heteroatoms. The molecule has 1 aromatic carbocycles. The molecule has 0 amide bonds. The Bertz CT molecular complexity index is 608. The second-order valence-corrected chi connectivity index (χ2v) is 4.98. The second-order valence-electron chi connectivity index (χ2n) is 4.98. The van der Waals surface area contributed by atoms with Gasteiger partial charge in [0.25, 0.3) is 0 Å². The average Bonchev–Trinajstić information content (AvgIpc) is 2.55. The van der Waals surface area contributed by atoms with Crippen LogP contribution in [0.4, 0.5) is 0 Å². The normalized spacial score (nSPS) is 10.5. The number of ether oxygens (including phenoxy) is 2. The van der Waals surface area contributed by atoms with Crippen LogP contribution < -0.4 is 9.47 Å². The summed E-state index contributed by atoms with van der Waals surface area (Å²) < 4.78 is 10.8. The van der Waals surface area contributed by atoms with E-state index in [0.29, 0.717) is 0 Å². The van der Waals surface area contributed by atoms with E-state index in [-0.39, 0.29) is 0 Å². The Balaban J connectivity index is 2.58. The fourth-order valence-electron chi connectivity index (χ4n) is 2.42. The highest BCUT2D eigenvalue weighted by Gasteiger charge is 2.13. The standard InChI is InChI=1S/C18H23NO2/c1-5-7-13-8-9-14(6-2)19-18(13)16-11-10-15(20-3)12-17(16)21-4/h8-12H,5-7H2,1-4H3. The van der Waals surface area contributed by atoms with Crippen LogP contribution in [0.1, 0.15) is 31.5 Å². The largest absolute Gasteiger partial charge is 0.497 e. The zero-order chi connectivity index (χ0) is 15.2. The lowest BCUT2D eigenvalue weighted by molar-refractivity contribution is 0.395. The van der Waals surface area contributed by atoms with Crippen molar-refractivity contribution in [1.82, 2.24) is 4.98 Å². The Hall–Kier alpha value is -2.03. The number of nitrogens with zero attached hydrogens (tertiary/aromatic N) is 1. The van der Waals surface area contributed by atoms with E-state index in [1.807, 2.05) is 18.2 Å². The molecule has 0 N–H and O–H groups in total. The Kier molecular flexibility index (Phi) is 5.20. The SMILES string of the molecule is CCCc1ccc(CC)nc1-c1ccc(OC)cc1OC. The molecule has 112 valence electrons. The van der Waals surface area contributed by atoms with Crippen molar-refractivity contribution in [3.63, 3.8) is 0 Å². The number of hydrogen-bond donors (Lipinski definition) is 0. The van der Waals surface area contributed by atoms with Crippen LogP contribution in [0.15, 0.2) is 30.3 Å². The summed E-state index contributed by atoms with van der Waals surface area (Å²) >= 11 is 0. The highest BCUT2D eigenvalue weighted by atomic mass is 16.5. The summed E-state index contributed by atoms with van der Waals surface area (Å²) in [7, 11) is 3.34. The third-order valence-electron chi connectivity index (χ3n) is 3.58. The zero-order valence-electron chi connectivity index (χ0n) is 13.3. The number of hydrogen-bond acceptors (Lipinski definition) is 3. The molecule has 0 aliphatic heterocycles. The van der Waals surface area contributed by atoms with E-state index in [0.717, 1.165) is 47.7 Å². The molecule has 0 aliphatic carbocycles. The van der Waals surface area contributed by atoms with Gasteiger partial charge in [0, 0.05) is 17.3 Å². The first-order valence-electron chi connectivity index (χ1n) is 7.44. The molecule has 3 nitrogen and oxygen atoms in total. The van der Waals surface area contributed by atoms with Crippen LogP contribution in [0, 0.1) is 0 Å². The number of aromatic nitrogens is 1. The quantitative estimate of drug-likeness (QED) is 0.793. The molecule has 2 aromatic rings. The van der Waals surface area contributed by atoms with Crippen molar-refractivity contribution in [2.75, 3.05) is 14.2 Å². The van der Waals surface area contributed by atoms with E-state index in [2.05, 4.69) is 26.0 Å². The topological polar surface area (TPSA) is 31.4 Å². The Morgan fingerprint density at radius 3 is 2.43 bits per heavy atom. The van der Waals surface area contributed by atoms with Crippen LogP contribution in [0.2, 0.25) is 0 Å². The Morgan fingerprint density at radius 2 is 1.81 bits per heavy atom. The fourth-order valence-corrected chi connectivity index (χ4v) is 2.42. The zero-order valence-corrected chi connectivity index (χ0v) is 13.3. The molecule has 0 atom stereocenters. The highest BCUT2D eigenvalue weighted by Crippen LogP contribution is 2.34. The molecule has 0 spiro atoms. The second kappa shape index (κ2) is 7.11. The van der Waals surface area contributed by atoms with Crippen molar-refractivity contribution in [2.45, 2.75) is 33.1 Å². The van der Waals surface area contributed by atoms with Crippen molar-refractivity contribution in [1.29, 1.82) is 0 Å². The number of benzene rings is 1. The highest BCUT2D eigenvalue weighted by molar-refractivity contribution is 5.71. The predicted molar refractivity (Wildman–Crippen MR) is 86.2 cm³/mol. The van der Waals surface area contributed by atoms with Crippen molar-refractivity contribution in [2.24, 2.45) is 0 Å². The molecule has 0 saturated heterocycles. The summed E-state index contributed by atoms with van der Waals surface area (Å²) in [5, 5.41) is 0. The van der Waals surface area contributed by atoms with Crippen LogP contribution >= 0.6 is 0 Å².